The molecule has 1 nitrogen and oxygen atoms in total. The molecule has 2 aromatic rings. The van der Waals surface area contributed by atoms with E-state index in [1.165, 1.54) is 11.1 Å². The highest BCUT2D eigenvalue weighted by Gasteiger charge is 2.02. The van der Waals surface area contributed by atoms with Gasteiger partial charge in [0.15, 0.2) is 0 Å². The van der Waals surface area contributed by atoms with Gasteiger partial charge >= 0.3 is 0 Å². The predicted molar refractivity (Wildman–Crippen MR) is 74.7 cm³/mol. The molecule has 2 heteroatoms. The molecule has 17 heavy (non-hydrogen) atoms. The predicted octanol–water partition coefficient (Wildman–Crippen LogP) is 4.78. The molecular formula is C15H13NS. The van der Waals surface area contributed by atoms with E-state index in [9.17, 15) is 0 Å². The van der Waals surface area contributed by atoms with Gasteiger partial charge in [-0.15, -0.1) is 0 Å². The van der Waals surface area contributed by atoms with Crippen molar-refractivity contribution in [3.63, 3.8) is 0 Å². The van der Waals surface area contributed by atoms with Crippen molar-refractivity contribution in [1.82, 2.24) is 0 Å². The average molecular weight is 239 g/mol. The highest BCUT2D eigenvalue weighted by Crippen LogP contribution is 2.24. The van der Waals surface area contributed by atoms with Gasteiger partial charge < -0.3 is 0 Å². The Morgan fingerprint density at radius 2 is 2.06 bits per heavy atom. The Kier molecular flexibility index (Phi) is 3.41. The van der Waals surface area contributed by atoms with Crippen LogP contribution in [0.5, 0.6) is 0 Å². The van der Waals surface area contributed by atoms with Crippen LogP contribution in [0.15, 0.2) is 35.7 Å². The highest BCUT2D eigenvalue weighted by molar-refractivity contribution is 7.11. The van der Waals surface area contributed by atoms with Crippen LogP contribution >= 0.6 is 11.3 Å². The minimum absolute atomic E-state index is 0.711. The van der Waals surface area contributed by atoms with Gasteiger partial charge in [0.05, 0.1) is 6.57 Å². The van der Waals surface area contributed by atoms with Gasteiger partial charge in [-0.25, -0.2) is 4.85 Å². The van der Waals surface area contributed by atoms with Crippen molar-refractivity contribution in [3.8, 4) is 0 Å². The van der Waals surface area contributed by atoms with Crippen molar-refractivity contribution < 1.29 is 0 Å². The highest BCUT2D eigenvalue weighted by atomic mass is 32.1. The van der Waals surface area contributed by atoms with Crippen molar-refractivity contribution in [2.75, 3.05) is 0 Å². The SMILES string of the molecule is [C-]#[N+]/C(=C\c1ccc(C)c(C)c1)c1cccs1. The molecule has 2 rings (SSSR count). The molecule has 0 saturated carbocycles. The van der Waals surface area contributed by atoms with Crippen LogP contribution in [0.4, 0.5) is 0 Å². The summed E-state index contributed by atoms with van der Waals surface area (Å²) >= 11 is 1.60. The molecule has 0 spiro atoms. The zero-order chi connectivity index (χ0) is 12.3. The van der Waals surface area contributed by atoms with Crippen molar-refractivity contribution >= 4 is 23.1 Å². The maximum atomic E-state index is 7.24. The summed E-state index contributed by atoms with van der Waals surface area (Å²) in [6.07, 6.45) is 1.95. The third-order valence-corrected chi connectivity index (χ3v) is 3.62. The van der Waals surface area contributed by atoms with E-state index in [-0.39, 0.29) is 0 Å². The van der Waals surface area contributed by atoms with Crippen LogP contribution in [-0.4, -0.2) is 0 Å². The van der Waals surface area contributed by atoms with E-state index in [0.29, 0.717) is 5.70 Å². The number of rotatable bonds is 2. The van der Waals surface area contributed by atoms with Gasteiger partial charge in [0.1, 0.15) is 0 Å². The Balaban J connectivity index is 2.41. The van der Waals surface area contributed by atoms with Crippen molar-refractivity contribution in [2.24, 2.45) is 0 Å². The van der Waals surface area contributed by atoms with Gasteiger partial charge in [-0.05, 0) is 42.0 Å². The molecule has 0 amide bonds. The van der Waals surface area contributed by atoms with E-state index >= 15 is 0 Å². The minimum atomic E-state index is 0.711. The van der Waals surface area contributed by atoms with E-state index < -0.39 is 0 Å². The molecule has 0 radical (unpaired) electrons. The molecule has 0 unspecified atom stereocenters. The molecule has 0 aliphatic rings. The average Bonchev–Trinajstić information content (AvgIpc) is 2.84. The van der Waals surface area contributed by atoms with Crippen LogP contribution in [0.3, 0.4) is 0 Å². The molecule has 1 aromatic carbocycles. The standard InChI is InChI=1S/C15H13NS/c1-11-6-7-13(9-12(11)2)10-14(16-3)15-5-4-8-17-15/h4-10H,1-2H3/b14-10-. The molecule has 84 valence electrons. The number of benzene rings is 1. The second-order valence-corrected chi connectivity index (χ2v) is 4.91. The molecule has 0 bridgehead atoms. The zero-order valence-corrected chi connectivity index (χ0v) is 10.7. The van der Waals surface area contributed by atoms with E-state index in [1.807, 2.05) is 23.6 Å². The van der Waals surface area contributed by atoms with Gasteiger partial charge in [0.25, 0.3) is 0 Å². The number of hydrogen-bond acceptors (Lipinski definition) is 1. The van der Waals surface area contributed by atoms with E-state index in [0.717, 1.165) is 10.4 Å². The molecule has 0 aliphatic carbocycles. The number of thiophene rings is 1. The van der Waals surface area contributed by atoms with E-state index in [4.69, 9.17) is 6.57 Å². The maximum Gasteiger partial charge on any atom is 0.204 e. The van der Waals surface area contributed by atoms with Gasteiger partial charge in [-0.1, -0.05) is 30.3 Å². The summed E-state index contributed by atoms with van der Waals surface area (Å²) in [5, 5.41) is 1.99. The molecule has 1 heterocycles. The second-order valence-electron chi connectivity index (χ2n) is 3.96. The summed E-state index contributed by atoms with van der Waals surface area (Å²) in [6, 6.07) is 10.2. The van der Waals surface area contributed by atoms with Gasteiger partial charge in [0.2, 0.25) is 5.70 Å². The smallest absolute Gasteiger partial charge is 0.204 e. The Morgan fingerprint density at radius 1 is 1.24 bits per heavy atom. The van der Waals surface area contributed by atoms with Crippen molar-refractivity contribution in [3.05, 3.63) is 68.7 Å². The summed E-state index contributed by atoms with van der Waals surface area (Å²) in [5.74, 6) is 0. The number of nitrogens with zero attached hydrogens (tertiary/aromatic N) is 1. The Bertz CT molecular complexity index is 586. The lowest BCUT2D eigenvalue weighted by Crippen LogP contribution is -1.82. The summed E-state index contributed by atoms with van der Waals surface area (Å²) in [4.78, 5) is 4.63. The van der Waals surface area contributed by atoms with Gasteiger partial charge in [0, 0.05) is 4.88 Å². The molecular weight excluding hydrogens is 226 g/mol. The number of hydrogen-bond donors (Lipinski definition) is 0. The first-order valence-corrected chi connectivity index (χ1v) is 6.29. The molecule has 0 aliphatic heterocycles. The third-order valence-electron chi connectivity index (χ3n) is 2.73. The Morgan fingerprint density at radius 3 is 2.65 bits per heavy atom. The van der Waals surface area contributed by atoms with Crippen molar-refractivity contribution in [2.45, 2.75) is 13.8 Å². The lowest BCUT2D eigenvalue weighted by molar-refractivity contribution is 1.33. The van der Waals surface area contributed by atoms with Crippen LogP contribution in [0.2, 0.25) is 0 Å². The van der Waals surface area contributed by atoms with Crippen LogP contribution in [0.25, 0.3) is 16.6 Å². The van der Waals surface area contributed by atoms with Crippen LogP contribution in [0.1, 0.15) is 21.6 Å². The lowest BCUT2D eigenvalue weighted by atomic mass is 10.1. The second kappa shape index (κ2) is 4.99. The molecule has 0 atom stereocenters. The summed E-state index contributed by atoms with van der Waals surface area (Å²) in [7, 11) is 0. The molecule has 0 N–H and O–H groups in total. The fourth-order valence-electron chi connectivity index (χ4n) is 1.60. The van der Waals surface area contributed by atoms with Crippen LogP contribution < -0.4 is 0 Å². The lowest BCUT2D eigenvalue weighted by Gasteiger charge is -2.01. The summed E-state index contributed by atoms with van der Waals surface area (Å²) in [5.41, 5.74) is 4.34. The fourth-order valence-corrected chi connectivity index (χ4v) is 2.28. The van der Waals surface area contributed by atoms with Crippen LogP contribution in [0, 0.1) is 20.4 Å². The molecule has 1 aromatic heterocycles. The first-order valence-electron chi connectivity index (χ1n) is 5.41. The van der Waals surface area contributed by atoms with Crippen molar-refractivity contribution in [1.29, 1.82) is 0 Å². The minimum Gasteiger partial charge on any atom is -0.237 e. The van der Waals surface area contributed by atoms with E-state index in [1.54, 1.807) is 11.3 Å². The fraction of sp³-hybridized carbons (Fsp3) is 0.133. The first kappa shape index (κ1) is 11.6. The van der Waals surface area contributed by atoms with Crippen LogP contribution in [-0.2, 0) is 0 Å². The molecule has 0 saturated heterocycles. The monoisotopic (exact) mass is 239 g/mol. The Hall–Kier alpha value is -1.85. The number of aryl methyl sites for hydroxylation is 2. The maximum absolute atomic E-state index is 7.24. The largest absolute Gasteiger partial charge is 0.237 e. The van der Waals surface area contributed by atoms with Gasteiger partial charge in [-0.3, -0.25) is 0 Å². The molecule has 0 fully saturated rings. The quantitative estimate of drug-likeness (QED) is 0.664. The first-order chi connectivity index (χ1) is 8.20. The van der Waals surface area contributed by atoms with Gasteiger partial charge in [-0.2, -0.15) is 11.3 Å². The summed E-state index contributed by atoms with van der Waals surface area (Å²) in [6.45, 7) is 11.4. The Labute approximate surface area is 106 Å². The normalized spacial score (nSPS) is 11.2. The summed E-state index contributed by atoms with van der Waals surface area (Å²) < 4.78 is 0. The topological polar surface area (TPSA) is 4.36 Å². The van der Waals surface area contributed by atoms with E-state index in [2.05, 4.69) is 36.9 Å². The third kappa shape index (κ3) is 2.64. The zero-order valence-electron chi connectivity index (χ0n) is 9.90.